The van der Waals surface area contributed by atoms with Crippen molar-refractivity contribution in [3.05, 3.63) is 71.0 Å². The van der Waals surface area contributed by atoms with Gasteiger partial charge < -0.3 is 0 Å². The van der Waals surface area contributed by atoms with Crippen LogP contribution in [0.3, 0.4) is 0 Å². The molecule has 0 radical (unpaired) electrons. The Morgan fingerprint density at radius 2 is 1.88 bits per heavy atom. The van der Waals surface area contributed by atoms with Crippen LogP contribution in [0, 0.1) is 0 Å². The number of fused-ring (bicyclic) bond motifs is 1. The highest BCUT2D eigenvalue weighted by atomic mass is 16.1. The lowest BCUT2D eigenvalue weighted by molar-refractivity contribution is 0.177. The van der Waals surface area contributed by atoms with E-state index >= 15 is 0 Å². The van der Waals surface area contributed by atoms with Gasteiger partial charge in [0.2, 0.25) is 0 Å². The lowest BCUT2D eigenvalue weighted by atomic mass is 10.0. The standard InChI is InChI=1S/C19H20N4O/c24-19-17-12-20-9-6-18(17)21-14-23(19)16-7-10-22(11-8-16)13-15-4-2-1-3-5-15/h1-6,9,12,14,16H,7-8,10-11,13H2. The number of aromatic nitrogens is 3. The zero-order valence-corrected chi connectivity index (χ0v) is 13.5. The highest BCUT2D eigenvalue weighted by Gasteiger charge is 2.22. The topological polar surface area (TPSA) is 51.0 Å². The van der Waals surface area contributed by atoms with Crippen LogP contribution in [0.1, 0.15) is 24.4 Å². The SMILES string of the molecule is O=c1c2cnccc2ncn1C1CCN(Cc2ccccc2)CC1. The molecule has 0 amide bonds. The van der Waals surface area contributed by atoms with Gasteiger partial charge in [0.25, 0.3) is 5.56 Å². The molecule has 1 saturated heterocycles. The second-order valence-electron chi connectivity index (χ2n) is 6.34. The summed E-state index contributed by atoms with van der Waals surface area (Å²) < 4.78 is 1.80. The van der Waals surface area contributed by atoms with Crippen molar-refractivity contribution in [2.75, 3.05) is 13.1 Å². The molecule has 0 aliphatic carbocycles. The van der Waals surface area contributed by atoms with Crippen molar-refractivity contribution in [2.24, 2.45) is 0 Å². The van der Waals surface area contributed by atoms with Crippen LogP contribution in [0.5, 0.6) is 0 Å². The molecule has 122 valence electrons. The summed E-state index contributed by atoms with van der Waals surface area (Å²) in [6, 6.07) is 12.5. The molecule has 1 aliphatic rings. The van der Waals surface area contributed by atoms with Crippen molar-refractivity contribution in [3.8, 4) is 0 Å². The maximum absolute atomic E-state index is 12.7. The maximum atomic E-state index is 12.7. The molecule has 3 heterocycles. The normalized spacial score (nSPS) is 16.5. The Hall–Kier alpha value is -2.53. The lowest BCUT2D eigenvalue weighted by Crippen LogP contribution is -2.37. The van der Waals surface area contributed by atoms with Crippen molar-refractivity contribution in [1.29, 1.82) is 0 Å². The Kier molecular flexibility index (Phi) is 4.09. The summed E-state index contributed by atoms with van der Waals surface area (Å²) in [4.78, 5) is 23.6. The van der Waals surface area contributed by atoms with Gasteiger partial charge in [0.05, 0.1) is 17.2 Å². The fraction of sp³-hybridized carbons (Fsp3) is 0.316. The van der Waals surface area contributed by atoms with Crippen molar-refractivity contribution in [1.82, 2.24) is 19.4 Å². The van der Waals surface area contributed by atoms with Gasteiger partial charge in [-0.2, -0.15) is 0 Å². The minimum Gasteiger partial charge on any atom is -0.299 e. The van der Waals surface area contributed by atoms with Gasteiger partial charge >= 0.3 is 0 Å². The Morgan fingerprint density at radius 1 is 1.08 bits per heavy atom. The molecule has 5 heteroatoms. The monoisotopic (exact) mass is 320 g/mol. The van der Waals surface area contributed by atoms with Crippen LogP contribution in [-0.2, 0) is 6.54 Å². The summed E-state index contributed by atoms with van der Waals surface area (Å²) in [6.45, 7) is 2.97. The molecular weight excluding hydrogens is 300 g/mol. The van der Waals surface area contributed by atoms with Crippen LogP contribution in [0.15, 0.2) is 59.9 Å². The van der Waals surface area contributed by atoms with Crippen LogP contribution < -0.4 is 5.56 Å². The number of hydrogen-bond acceptors (Lipinski definition) is 4. The number of rotatable bonds is 3. The summed E-state index contributed by atoms with van der Waals surface area (Å²) in [5.74, 6) is 0. The fourth-order valence-electron chi connectivity index (χ4n) is 3.44. The molecule has 1 aliphatic heterocycles. The minimum absolute atomic E-state index is 0.0228. The Bertz CT molecular complexity index is 883. The average molecular weight is 320 g/mol. The largest absolute Gasteiger partial charge is 0.299 e. The fourth-order valence-corrected chi connectivity index (χ4v) is 3.44. The van der Waals surface area contributed by atoms with Gasteiger partial charge in [-0.25, -0.2) is 4.98 Å². The highest BCUT2D eigenvalue weighted by Crippen LogP contribution is 2.22. The molecule has 1 fully saturated rings. The third kappa shape index (κ3) is 2.95. The number of pyridine rings is 1. The summed E-state index contributed by atoms with van der Waals surface area (Å²) in [5, 5.41) is 0.603. The van der Waals surface area contributed by atoms with Gasteiger partial charge in [-0.05, 0) is 24.5 Å². The molecule has 0 spiro atoms. The van der Waals surface area contributed by atoms with Crippen LogP contribution in [0.4, 0.5) is 0 Å². The van der Waals surface area contributed by atoms with Gasteiger partial charge in [0, 0.05) is 38.1 Å². The van der Waals surface area contributed by atoms with Crippen molar-refractivity contribution in [3.63, 3.8) is 0 Å². The van der Waals surface area contributed by atoms with Gasteiger partial charge in [0.15, 0.2) is 0 Å². The summed E-state index contributed by atoms with van der Waals surface area (Å²) in [7, 11) is 0. The van der Waals surface area contributed by atoms with E-state index in [1.165, 1.54) is 5.56 Å². The van der Waals surface area contributed by atoms with Gasteiger partial charge in [-0.3, -0.25) is 19.2 Å². The highest BCUT2D eigenvalue weighted by molar-refractivity contribution is 5.75. The predicted molar refractivity (Wildman–Crippen MR) is 93.8 cm³/mol. The third-order valence-corrected chi connectivity index (χ3v) is 4.78. The van der Waals surface area contributed by atoms with Gasteiger partial charge in [0.1, 0.15) is 0 Å². The molecule has 24 heavy (non-hydrogen) atoms. The average Bonchev–Trinajstić information content (AvgIpc) is 2.64. The smallest absolute Gasteiger partial charge is 0.263 e. The minimum atomic E-state index is 0.0228. The Labute approximate surface area is 140 Å². The van der Waals surface area contributed by atoms with Crippen LogP contribution in [0.2, 0.25) is 0 Å². The van der Waals surface area contributed by atoms with E-state index in [-0.39, 0.29) is 11.6 Å². The first kappa shape index (κ1) is 15.0. The van der Waals surface area contributed by atoms with E-state index in [2.05, 4.69) is 39.1 Å². The van der Waals surface area contributed by atoms with Crippen LogP contribution in [0.25, 0.3) is 10.9 Å². The molecule has 0 atom stereocenters. The first-order chi connectivity index (χ1) is 11.8. The number of piperidine rings is 1. The molecule has 2 aromatic heterocycles. The number of nitrogens with zero attached hydrogens (tertiary/aromatic N) is 4. The van der Waals surface area contributed by atoms with E-state index in [4.69, 9.17) is 0 Å². The molecule has 0 bridgehead atoms. The third-order valence-electron chi connectivity index (χ3n) is 4.78. The second-order valence-corrected chi connectivity index (χ2v) is 6.34. The number of benzene rings is 1. The van der Waals surface area contributed by atoms with Gasteiger partial charge in [-0.15, -0.1) is 0 Å². The Balaban J connectivity index is 1.48. The van der Waals surface area contributed by atoms with E-state index in [0.717, 1.165) is 32.5 Å². The molecule has 3 aromatic rings. The molecule has 0 unspecified atom stereocenters. The number of hydrogen-bond donors (Lipinski definition) is 0. The van der Waals surface area contributed by atoms with Crippen LogP contribution in [-0.4, -0.2) is 32.5 Å². The predicted octanol–water partition coefficient (Wildman–Crippen LogP) is 2.63. The Morgan fingerprint density at radius 3 is 2.67 bits per heavy atom. The zero-order chi connectivity index (χ0) is 16.4. The first-order valence-electron chi connectivity index (χ1n) is 8.38. The second kappa shape index (κ2) is 6.53. The van der Waals surface area contributed by atoms with Gasteiger partial charge in [-0.1, -0.05) is 30.3 Å². The lowest BCUT2D eigenvalue weighted by Gasteiger charge is -2.32. The summed E-state index contributed by atoms with van der Waals surface area (Å²) >= 11 is 0. The molecule has 4 rings (SSSR count). The number of likely N-dealkylation sites (tertiary alicyclic amines) is 1. The van der Waals surface area contributed by atoms with Crippen molar-refractivity contribution in [2.45, 2.75) is 25.4 Å². The van der Waals surface area contributed by atoms with E-state index in [0.29, 0.717) is 10.9 Å². The van der Waals surface area contributed by atoms with E-state index in [9.17, 15) is 4.79 Å². The molecular formula is C19H20N4O. The van der Waals surface area contributed by atoms with Crippen LogP contribution >= 0.6 is 0 Å². The van der Waals surface area contributed by atoms with E-state index < -0.39 is 0 Å². The zero-order valence-electron chi connectivity index (χ0n) is 13.5. The maximum Gasteiger partial charge on any atom is 0.263 e. The molecule has 0 N–H and O–H groups in total. The molecule has 1 aromatic carbocycles. The van der Waals surface area contributed by atoms with Crippen molar-refractivity contribution < 1.29 is 0 Å². The summed E-state index contributed by atoms with van der Waals surface area (Å²) in [6.07, 6.45) is 6.93. The quantitative estimate of drug-likeness (QED) is 0.744. The van der Waals surface area contributed by atoms with Crippen molar-refractivity contribution >= 4 is 10.9 Å². The first-order valence-corrected chi connectivity index (χ1v) is 8.38. The molecule has 5 nitrogen and oxygen atoms in total. The van der Waals surface area contributed by atoms with E-state index in [1.807, 2.05) is 6.07 Å². The van der Waals surface area contributed by atoms with E-state index in [1.54, 1.807) is 29.4 Å². The molecule has 0 saturated carbocycles. The summed E-state index contributed by atoms with van der Waals surface area (Å²) in [5.41, 5.74) is 2.08.